The number of nitrogens with one attached hydrogen (secondary N) is 2. The van der Waals surface area contributed by atoms with Crippen LogP contribution in [0.25, 0.3) is 10.9 Å². The predicted octanol–water partition coefficient (Wildman–Crippen LogP) is 5.44. The summed E-state index contributed by atoms with van der Waals surface area (Å²) in [5.74, 6) is 0.469. The Bertz CT molecular complexity index is 1410. The summed E-state index contributed by atoms with van der Waals surface area (Å²) >= 11 is 0. The van der Waals surface area contributed by atoms with Gasteiger partial charge in [0.05, 0.1) is 17.0 Å². The molecule has 0 radical (unpaired) electrons. The Hall–Kier alpha value is -4.44. The SMILES string of the molecule is Cc1ccc(NC(=O)c2cccc(C(C)(C)C#N)c2)cc1Nc1ncnc2cc(O)ccc12. The van der Waals surface area contributed by atoms with Crippen molar-refractivity contribution in [3.05, 3.63) is 83.7 Å². The van der Waals surface area contributed by atoms with Crippen LogP contribution in [-0.4, -0.2) is 21.0 Å². The first-order chi connectivity index (χ1) is 15.8. The fourth-order valence-corrected chi connectivity index (χ4v) is 3.42. The molecular weight excluding hydrogens is 414 g/mol. The van der Waals surface area contributed by atoms with E-state index in [2.05, 4.69) is 26.7 Å². The highest BCUT2D eigenvalue weighted by Crippen LogP contribution is 2.29. The van der Waals surface area contributed by atoms with E-state index in [1.165, 1.54) is 6.33 Å². The molecule has 1 heterocycles. The first-order valence-corrected chi connectivity index (χ1v) is 10.4. The van der Waals surface area contributed by atoms with Gasteiger partial charge in [0.1, 0.15) is 17.9 Å². The number of carbonyl (C=O) groups is 1. The summed E-state index contributed by atoms with van der Waals surface area (Å²) in [5.41, 5.74) is 3.56. The fraction of sp³-hybridized carbons (Fsp3) is 0.154. The standard InChI is InChI=1S/C26H23N5O2/c1-16-7-8-19(30-25(33)17-5-4-6-18(11-17)26(2,3)14-27)12-22(16)31-24-21-10-9-20(32)13-23(21)28-15-29-24/h4-13,15,32H,1-3H3,(H,30,33)(H,28,29,31). The third kappa shape index (κ3) is 4.60. The van der Waals surface area contributed by atoms with Gasteiger partial charge in [0.2, 0.25) is 0 Å². The molecule has 0 aliphatic carbocycles. The Kier molecular flexibility index (Phi) is 5.67. The van der Waals surface area contributed by atoms with Crippen molar-refractivity contribution in [3.63, 3.8) is 0 Å². The summed E-state index contributed by atoms with van der Waals surface area (Å²) in [7, 11) is 0. The highest BCUT2D eigenvalue weighted by atomic mass is 16.3. The van der Waals surface area contributed by atoms with Crippen LogP contribution in [0.2, 0.25) is 0 Å². The van der Waals surface area contributed by atoms with E-state index in [0.717, 1.165) is 22.2 Å². The van der Waals surface area contributed by atoms with Crippen molar-refractivity contribution in [1.29, 1.82) is 5.26 Å². The van der Waals surface area contributed by atoms with Crippen LogP contribution in [0.15, 0.2) is 67.0 Å². The summed E-state index contributed by atoms with van der Waals surface area (Å²) in [5, 5.41) is 26.1. The molecule has 164 valence electrons. The molecule has 0 spiro atoms. The Morgan fingerprint density at radius 1 is 1.06 bits per heavy atom. The van der Waals surface area contributed by atoms with Crippen LogP contribution in [0.1, 0.15) is 35.3 Å². The maximum Gasteiger partial charge on any atom is 0.255 e. The number of amides is 1. The van der Waals surface area contributed by atoms with Gasteiger partial charge in [0.15, 0.2) is 0 Å². The number of rotatable bonds is 5. The second-order valence-corrected chi connectivity index (χ2v) is 8.35. The number of nitriles is 1. The van der Waals surface area contributed by atoms with Crippen LogP contribution in [0.3, 0.4) is 0 Å². The van der Waals surface area contributed by atoms with Gasteiger partial charge in [-0.3, -0.25) is 4.79 Å². The maximum absolute atomic E-state index is 12.9. The van der Waals surface area contributed by atoms with Gasteiger partial charge < -0.3 is 15.7 Å². The van der Waals surface area contributed by atoms with Crippen LogP contribution in [-0.2, 0) is 5.41 Å². The molecule has 4 rings (SSSR count). The minimum absolute atomic E-state index is 0.135. The quantitative estimate of drug-likeness (QED) is 0.383. The highest BCUT2D eigenvalue weighted by Gasteiger charge is 2.21. The highest BCUT2D eigenvalue weighted by molar-refractivity contribution is 6.04. The van der Waals surface area contributed by atoms with Crippen LogP contribution in [0.5, 0.6) is 5.75 Å². The molecule has 0 bridgehead atoms. The Morgan fingerprint density at radius 3 is 2.67 bits per heavy atom. The number of carbonyl (C=O) groups excluding carboxylic acids is 1. The lowest BCUT2D eigenvalue weighted by atomic mass is 9.85. The minimum Gasteiger partial charge on any atom is -0.508 e. The molecule has 0 saturated heterocycles. The van der Waals surface area contributed by atoms with E-state index in [-0.39, 0.29) is 11.7 Å². The van der Waals surface area contributed by atoms with E-state index >= 15 is 0 Å². The molecule has 33 heavy (non-hydrogen) atoms. The molecule has 3 aromatic carbocycles. The lowest BCUT2D eigenvalue weighted by molar-refractivity contribution is 0.102. The monoisotopic (exact) mass is 437 g/mol. The van der Waals surface area contributed by atoms with E-state index in [9.17, 15) is 15.2 Å². The van der Waals surface area contributed by atoms with Crippen LogP contribution in [0.4, 0.5) is 17.2 Å². The molecule has 0 saturated carbocycles. The fourth-order valence-electron chi connectivity index (χ4n) is 3.42. The number of aromatic nitrogens is 2. The van der Waals surface area contributed by atoms with Gasteiger partial charge in [0, 0.05) is 28.4 Å². The molecule has 3 N–H and O–H groups in total. The van der Waals surface area contributed by atoms with Crippen molar-refractivity contribution < 1.29 is 9.90 Å². The van der Waals surface area contributed by atoms with Crippen LogP contribution < -0.4 is 10.6 Å². The molecule has 0 aliphatic rings. The molecule has 0 unspecified atom stereocenters. The van der Waals surface area contributed by atoms with Crippen molar-refractivity contribution in [2.24, 2.45) is 0 Å². The van der Waals surface area contributed by atoms with Gasteiger partial charge in [-0.2, -0.15) is 5.26 Å². The normalized spacial score (nSPS) is 11.1. The van der Waals surface area contributed by atoms with Gasteiger partial charge in [-0.15, -0.1) is 0 Å². The maximum atomic E-state index is 12.9. The summed E-state index contributed by atoms with van der Waals surface area (Å²) in [6, 6.07) is 19.8. The van der Waals surface area contributed by atoms with Crippen molar-refractivity contribution in [3.8, 4) is 11.8 Å². The average Bonchev–Trinajstić information content (AvgIpc) is 2.81. The van der Waals surface area contributed by atoms with E-state index in [1.54, 1.807) is 36.4 Å². The average molecular weight is 438 g/mol. The third-order valence-electron chi connectivity index (χ3n) is 5.49. The number of hydrogen-bond acceptors (Lipinski definition) is 6. The number of aryl methyl sites for hydroxylation is 1. The first kappa shape index (κ1) is 21.8. The van der Waals surface area contributed by atoms with Gasteiger partial charge in [-0.05, 0) is 68.3 Å². The number of fused-ring (bicyclic) bond motifs is 1. The molecule has 0 aliphatic heterocycles. The molecule has 7 nitrogen and oxygen atoms in total. The largest absolute Gasteiger partial charge is 0.508 e. The predicted molar refractivity (Wildman–Crippen MR) is 129 cm³/mol. The van der Waals surface area contributed by atoms with Gasteiger partial charge >= 0.3 is 0 Å². The molecule has 7 heteroatoms. The Morgan fingerprint density at radius 2 is 1.88 bits per heavy atom. The molecule has 1 amide bonds. The number of anilines is 3. The van der Waals surface area contributed by atoms with Crippen LogP contribution in [0, 0.1) is 18.3 Å². The Balaban J connectivity index is 1.59. The summed E-state index contributed by atoms with van der Waals surface area (Å²) in [6.45, 7) is 5.59. The lowest BCUT2D eigenvalue weighted by Gasteiger charge is -2.17. The van der Waals surface area contributed by atoms with Gasteiger partial charge in [0.25, 0.3) is 5.91 Å². The zero-order valence-electron chi connectivity index (χ0n) is 18.5. The lowest BCUT2D eigenvalue weighted by Crippen LogP contribution is -2.17. The van der Waals surface area contributed by atoms with Crippen molar-refractivity contribution in [2.75, 3.05) is 10.6 Å². The van der Waals surface area contributed by atoms with E-state index in [4.69, 9.17) is 0 Å². The minimum atomic E-state index is -0.686. The number of phenolic OH excluding ortho intramolecular Hbond substituents is 1. The summed E-state index contributed by atoms with van der Waals surface area (Å²) < 4.78 is 0. The molecule has 1 aromatic heterocycles. The zero-order chi connectivity index (χ0) is 23.6. The van der Waals surface area contributed by atoms with E-state index in [0.29, 0.717) is 22.6 Å². The molecule has 4 aromatic rings. The molecular formula is C26H23N5O2. The van der Waals surface area contributed by atoms with E-state index < -0.39 is 5.41 Å². The van der Waals surface area contributed by atoms with Gasteiger partial charge in [-0.25, -0.2) is 9.97 Å². The topological polar surface area (TPSA) is 111 Å². The Labute approximate surface area is 191 Å². The smallest absolute Gasteiger partial charge is 0.255 e. The second kappa shape index (κ2) is 8.60. The van der Waals surface area contributed by atoms with Crippen molar-refractivity contribution >= 4 is 34.0 Å². The van der Waals surface area contributed by atoms with Crippen LogP contribution >= 0.6 is 0 Å². The molecule has 0 atom stereocenters. The second-order valence-electron chi connectivity index (χ2n) is 8.35. The number of nitrogens with zero attached hydrogens (tertiary/aromatic N) is 3. The molecule has 0 fully saturated rings. The van der Waals surface area contributed by atoms with E-state index in [1.807, 2.05) is 45.0 Å². The first-order valence-electron chi connectivity index (χ1n) is 10.4. The van der Waals surface area contributed by atoms with Gasteiger partial charge in [-0.1, -0.05) is 18.2 Å². The number of hydrogen-bond donors (Lipinski definition) is 3. The number of benzene rings is 3. The summed E-state index contributed by atoms with van der Waals surface area (Å²) in [4.78, 5) is 21.4. The number of phenols is 1. The zero-order valence-corrected chi connectivity index (χ0v) is 18.5. The number of aromatic hydroxyl groups is 1. The van der Waals surface area contributed by atoms with Crippen molar-refractivity contribution in [1.82, 2.24) is 9.97 Å². The summed E-state index contributed by atoms with van der Waals surface area (Å²) in [6.07, 6.45) is 1.43. The van der Waals surface area contributed by atoms with Crippen molar-refractivity contribution in [2.45, 2.75) is 26.2 Å². The third-order valence-corrected chi connectivity index (χ3v) is 5.49.